The summed E-state index contributed by atoms with van der Waals surface area (Å²) in [6, 6.07) is 4.58. The first kappa shape index (κ1) is 14.4. The van der Waals surface area contributed by atoms with Crippen molar-refractivity contribution in [3.8, 4) is 0 Å². The van der Waals surface area contributed by atoms with Crippen LogP contribution < -0.4 is 0 Å². The molecule has 0 N–H and O–H groups in total. The largest absolute Gasteiger partial charge is 0.298 e. The van der Waals surface area contributed by atoms with E-state index in [1.54, 1.807) is 11.3 Å². The summed E-state index contributed by atoms with van der Waals surface area (Å²) < 4.78 is 0. The van der Waals surface area contributed by atoms with E-state index in [0.717, 1.165) is 6.54 Å². The highest BCUT2D eigenvalue weighted by Gasteiger charge is 2.24. The Balaban J connectivity index is 2.64. The minimum Gasteiger partial charge on any atom is -0.298 e. The van der Waals surface area contributed by atoms with E-state index in [1.165, 1.54) is 4.88 Å². The Hall–Kier alpha value is -0.670. The molecule has 0 radical (unpaired) electrons. The van der Waals surface area contributed by atoms with Crippen LogP contribution in [-0.2, 0) is 11.3 Å². The van der Waals surface area contributed by atoms with Crippen molar-refractivity contribution in [1.29, 1.82) is 0 Å². The normalized spacial score (nSPS) is 12.4. The number of thiophene rings is 1. The lowest BCUT2D eigenvalue weighted by Gasteiger charge is -2.28. The van der Waals surface area contributed by atoms with Crippen LogP contribution >= 0.6 is 11.3 Å². The second-order valence-electron chi connectivity index (χ2n) is 5.75. The number of rotatable bonds is 5. The fourth-order valence-electron chi connectivity index (χ4n) is 1.45. The van der Waals surface area contributed by atoms with Crippen LogP contribution in [0.3, 0.4) is 0 Å². The van der Waals surface area contributed by atoms with E-state index < -0.39 is 0 Å². The van der Waals surface area contributed by atoms with Crippen molar-refractivity contribution in [2.75, 3.05) is 6.54 Å². The molecule has 2 nitrogen and oxygen atoms in total. The average Bonchev–Trinajstić information content (AvgIpc) is 2.67. The SMILES string of the molecule is CC(C)N(CC(=O)C(C)(C)C)Cc1cccs1. The summed E-state index contributed by atoms with van der Waals surface area (Å²) >= 11 is 1.75. The maximum Gasteiger partial charge on any atom is 0.152 e. The standard InChI is InChI=1S/C14H23NOS/c1-11(2)15(9-12-7-6-8-17-12)10-13(16)14(3,4)5/h6-8,11H,9-10H2,1-5H3. The fourth-order valence-corrected chi connectivity index (χ4v) is 2.17. The molecule has 0 amide bonds. The Kier molecular flexibility index (Phi) is 4.90. The van der Waals surface area contributed by atoms with Crippen LogP contribution in [0.1, 0.15) is 39.5 Å². The third kappa shape index (κ3) is 4.60. The van der Waals surface area contributed by atoms with Gasteiger partial charge in [-0.25, -0.2) is 0 Å². The van der Waals surface area contributed by atoms with Crippen LogP contribution in [0.5, 0.6) is 0 Å². The summed E-state index contributed by atoms with van der Waals surface area (Å²) in [5.41, 5.74) is -0.247. The molecule has 0 aliphatic carbocycles. The van der Waals surface area contributed by atoms with Crippen LogP contribution in [0.25, 0.3) is 0 Å². The highest BCUT2D eigenvalue weighted by Crippen LogP contribution is 2.18. The Morgan fingerprint density at radius 3 is 2.47 bits per heavy atom. The highest BCUT2D eigenvalue weighted by atomic mass is 32.1. The second-order valence-corrected chi connectivity index (χ2v) is 6.78. The maximum atomic E-state index is 12.1. The van der Waals surface area contributed by atoms with Crippen LogP contribution in [-0.4, -0.2) is 23.3 Å². The molecule has 0 fully saturated rings. The van der Waals surface area contributed by atoms with E-state index in [1.807, 2.05) is 20.8 Å². The zero-order chi connectivity index (χ0) is 13.1. The van der Waals surface area contributed by atoms with Gasteiger partial charge in [0.05, 0.1) is 6.54 Å². The highest BCUT2D eigenvalue weighted by molar-refractivity contribution is 7.09. The van der Waals surface area contributed by atoms with Crippen LogP contribution in [0.4, 0.5) is 0 Å². The third-order valence-corrected chi connectivity index (χ3v) is 3.71. The molecule has 96 valence electrons. The molecule has 0 saturated carbocycles. The van der Waals surface area contributed by atoms with E-state index in [-0.39, 0.29) is 5.41 Å². The lowest BCUT2D eigenvalue weighted by atomic mass is 9.90. The Labute approximate surface area is 109 Å². The molecule has 1 aromatic rings. The molecule has 0 unspecified atom stereocenters. The molecule has 0 aromatic carbocycles. The zero-order valence-corrected chi connectivity index (χ0v) is 12.3. The van der Waals surface area contributed by atoms with Gasteiger partial charge in [-0.15, -0.1) is 11.3 Å². The molecule has 0 saturated heterocycles. The van der Waals surface area contributed by atoms with Gasteiger partial charge in [-0.2, -0.15) is 0 Å². The molecule has 0 bridgehead atoms. The van der Waals surface area contributed by atoms with E-state index in [0.29, 0.717) is 18.4 Å². The van der Waals surface area contributed by atoms with Crippen LogP contribution in [0, 0.1) is 5.41 Å². The van der Waals surface area contributed by atoms with E-state index in [2.05, 4.69) is 36.3 Å². The molecular formula is C14H23NOS. The Morgan fingerprint density at radius 2 is 2.06 bits per heavy atom. The minimum absolute atomic E-state index is 0.247. The van der Waals surface area contributed by atoms with Gasteiger partial charge in [0.1, 0.15) is 0 Å². The predicted molar refractivity (Wildman–Crippen MR) is 74.3 cm³/mol. The quantitative estimate of drug-likeness (QED) is 0.799. The summed E-state index contributed by atoms with van der Waals surface area (Å²) in [4.78, 5) is 15.6. The van der Waals surface area contributed by atoms with Gasteiger partial charge in [-0.3, -0.25) is 9.69 Å². The molecule has 1 aromatic heterocycles. The van der Waals surface area contributed by atoms with Crippen molar-refractivity contribution in [3.05, 3.63) is 22.4 Å². The van der Waals surface area contributed by atoms with Gasteiger partial charge in [-0.1, -0.05) is 26.8 Å². The number of hydrogen-bond donors (Lipinski definition) is 0. The van der Waals surface area contributed by atoms with Crippen LogP contribution in [0.15, 0.2) is 17.5 Å². The molecule has 0 atom stereocenters. The fraction of sp³-hybridized carbons (Fsp3) is 0.643. The molecule has 3 heteroatoms. The van der Waals surface area contributed by atoms with Gasteiger partial charge in [0.2, 0.25) is 0 Å². The van der Waals surface area contributed by atoms with Crippen molar-refractivity contribution in [2.45, 2.75) is 47.2 Å². The molecule has 1 heterocycles. The zero-order valence-electron chi connectivity index (χ0n) is 11.5. The topological polar surface area (TPSA) is 20.3 Å². The van der Waals surface area contributed by atoms with Crippen molar-refractivity contribution < 1.29 is 4.79 Å². The van der Waals surface area contributed by atoms with Crippen molar-refractivity contribution in [1.82, 2.24) is 4.90 Å². The third-order valence-electron chi connectivity index (χ3n) is 2.85. The van der Waals surface area contributed by atoms with E-state index in [4.69, 9.17) is 0 Å². The number of carbonyl (C=O) groups is 1. The first-order chi connectivity index (χ1) is 7.80. The van der Waals surface area contributed by atoms with E-state index >= 15 is 0 Å². The summed E-state index contributed by atoms with van der Waals surface area (Å²) in [6.45, 7) is 11.7. The van der Waals surface area contributed by atoms with Crippen molar-refractivity contribution >= 4 is 17.1 Å². The number of ketones is 1. The van der Waals surface area contributed by atoms with Gasteiger partial charge in [0.15, 0.2) is 5.78 Å². The van der Waals surface area contributed by atoms with E-state index in [9.17, 15) is 4.79 Å². The number of Topliss-reactive ketones (excluding diaryl/α,β-unsaturated/α-hetero) is 1. The molecule has 17 heavy (non-hydrogen) atoms. The molecule has 0 spiro atoms. The molecule has 1 rings (SSSR count). The van der Waals surface area contributed by atoms with Gasteiger partial charge in [0.25, 0.3) is 0 Å². The molecule has 0 aliphatic heterocycles. The summed E-state index contributed by atoms with van der Waals surface area (Å²) in [6.07, 6.45) is 0. The first-order valence-corrected chi connectivity index (χ1v) is 6.98. The maximum absolute atomic E-state index is 12.1. The Morgan fingerprint density at radius 1 is 1.41 bits per heavy atom. The average molecular weight is 253 g/mol. The van der Waals surface area contributed by atoms with Crippen molar-refractivity contribution in [2.24, 2.45) is 5.41 Å². The molecule has 0 aliphatic rings. The monoisotopic (exact) mass is 253 g/mol. The number of nitrogens with zero attached hydrogens (tertiary/aromatic N) is 1. The van der Waals surface area contributed by atoms with Gasteiger partial charge in [-0.05, 0) is 25.3 Å². The second kappa shape index (κ2) is 5.78. The lowest BCUT2D eigenvalue weighted by Crippen LogP contribution is -2.39. The van der Waals surface area contributed by atoms with Gasteiger partial charge < -0.3 is 0 Å². The van der Waals surface area contributed by atoms with Gasteiger partial charge in [0, 0.05) is 22.9 Å². The molecular weight excluding hydrogens is 230 g/mol. The summed E-state index contributed by atoms with van der Waals surface area (Å²) in [5.74, 6) is 0.308. The summed E-state index contributed by atoms with van der Waals surface area (Å²) in [5, 5.41) is 2.08. The number of carbonyl (C=O) groups excluding carboxylic acids is 1. The smallest absolute Gasteiger partial charge is 0.152 e. The summed E-state index contributed by atoms with van der Waals surface area (Å²) in [7, 11) is 0. The van der Waals surface area contributed by atoms with Crippen molar-refractivity contribution in [3.63, 3.8) is 0 Å². The predicted octanol–water partition coefficient (Wildman–Crippen LogP) is 3.57. The van der Waals surface area contributed by atoms with Crippen LogP contribution in [0.2, 0.25) is 0 Å². The first-order valence-electron chi connectivity index (χ1n) is 6.10. The minimum atomic E-state index is -0.247. The Bertz CT molecular complexity index is 349. The number of hydrogen-bond acceptors (Lipinski definition) is 3. The van der Waals surface area contributed by atoms with Gasteiger partial charge >= 0.3 is 0 Å². The lowest BCUT2D eigenvalue weighted by molar-refractivity contribution is -0.128.